The second-order valence-electron chi connectivity index (χ2n) is 15.4. The minimum absolute atomic E-state index is 0.211. The van der Waals surface area contributed by atoms with E-state index < -0.39 is 32.5 Å². The Kier molecular flexibility index (Phi) is 39.5. The van der Waals surface area contributed by atoms with Crippen molar-refractivity contribution in [1.29, 1.82) is 0 Å². The lowest BCUT2D eigenvalue weighted by Crippen LogP contribution is -2.29. The van der Waals surface area contributed by atoms with Crippen molar-refractivity contribution in [1.82, 2.24) is 0 Å². The van der Waals surface area contributed by atoms with Gasteiger partial charge in [0.2, 0.25) is 0 Å². The van der Waals surface area contributed by atoms with Crippen molar-refractivity contribution in [2.24, 2.45) is 0 Å². The van der Waals surface area contributed by atoms with E-state index in [0.29, 0.717) is 6.42 Å². The van der Waals surface area contributed by atoms with Crippen LogP contribution in [-0.2, 0) is 28.2 Å². The molecule has 0 rings (SSSR count). The molecule has 8 nitrogen and oxygen atoms in total. The molecular formula is C44H85O8P. The van der Waals surface area contributed by atoms with Gasteiger partial charge in [-0.25, -0.2) is 4.57 Å². The van der Waals surface area contributed by atoms with Crippen LogP contribution in [0.25, 0.3) is 0 Å². The maximum atomic E-state index is 12.4. The van der Waals surface area contributed by atoms with E-state index >= 15 is 0 Å². The monoisotopic (exact) mass is 773 g/mol. The number of unbranched alkanes of at least 4 members (excludes halogenated alkanes) is 30. The van der Waals surface area contributed by atoms with Crippen LogP contribution in [0.2, 0.25) is 0 Å². The van der Waals surface area contributed by atoms with Crippen LogP contribution in [0.4, 0.5) is 0 Å². The van der Waals surface area contributed by atoms with E-state index in [2.05, 4.69) is 30.5 Å². The molecule has 0 aromatic heterocycles. The molecule has 0 aromatic carbocycles. The summed E-state index contributed by atoms with van der Waals surface area (Å²) in [6.45, 7) is 3.71. The molecule has 0 unspecified atom stereocenters. The van der Waals surface area contributed by atoms with E-state index in [1.807, 2.05) is 0 Å². The van der Waals surface area contributed by atoms with Crippen molar-refractivity contribution in [3.8, 4) is 0 Å². The second-order valence-corrected chi connectivity index (χ2v) is 16.6. The Labute approximate surface area is 327 Å². The van der Waals surface area contributed by atoms with Crippen LogP contribution in [0.3, 0.4) is 0 Å². The summed E-state index contributed by atoms with van der Waals surface area (Å²) in [6.07, 6.45) is 45.0. The molecule has 53 heavy (non-hydrogen) atoms. The zero-order chi connectivity index (χ0) is 38.9. The Morgan fingerprint density at radius 1 is 0.472 bits per heavy atom. The molecule has 0 bridgehead atoms. The number of carbonyl (C=O) groups is 2. The quantitative estimate of drug-likeness (QED) is 0.0272. The molecule has 0 saturated carbocycles. The molecule has 0 fully saturated rings. The highest BCUT2D eigenvalue weighted by Crippen LogP contribution is 2.36. The van der Waals surface area contributed by atoms with E-state index in [1.54, 1.807) is 0 Å². The van der Waals surface area contributed by atoms with Crippen LogP contribution in [0.5, 0.6) is 0 Å². The number of carbonyl (C=O) groups excluding carboxylic acids is 2. The predicted octanol–water partition coefficient (Wildman–Crippen LogP) is 13.8. The predicted molar refractivity (Wildman–Crippen MR) is 221 cm³/mol. The SMILES string of the molecule is CCCCCCCC/C=C\CCCCCCCCCC(=O)O[C@H](COC(=O)CCCCCCCCCCCCCCCCCCCC)COP(=O)(O)O. The number of phosphoric ester groups is 1. The number of rotatable bonds is 42. The number of allylic oxidation sites excluding steroid dienone is 2. The summed E-state index contributed by atoms with van der Waals surface area (Å²) in [7, 11) is -4.75. The summed E-state index contributed by atoms with van der Waals surface area (Å²) < 4.78 is 26.4. The first-order valence-corrected chi connectivity index (χ1v) is 24.0. The topological polar surface area (TPSA) is 119 Å². The molecule has 0 radical (unpaired) electrons. The second kappa shape index (κ2) is 40.5. The van der Waals surface area contributed by atoms with Gasteiger partial charge in [0.1, 0.15) is 6.61 Å². The zero-order valence-corrected chi connectivity index (χ0v) is 35.6. The average molecular weight is 773 g/mol. The number of hydrogen-bond donors (Lipinski definition) is 2. The molecule has 0 amide bonds. The fraction of sp³-hybridized carbons (Fsp3) is 0.909. The molecule has 0 aliphatic carbocycles. The molecule has 0 heterocycles. The highest BCUT2D eigenvalue weighted by Gasteiger charge is 2.23. The first kappa shape index (κ1) is 51.8. The maximum Gasteiger partial charge on any atom is 0.469 e. The molecule has 1 atom stereocenters. The lowest BCUT2D eigenvalue weighted by Gasteiger charge is -2.18. The molecular weight excluding hydrogens is 687 g/mol. The van der Waals surface area contributed by atoms with Gasteiger partial charge in [-0.05, 0) is 38.5 Å². The summed E-state index contributed by atoms with van der Waals surface area (Å²) in [5.41, 5.74) is 0. The molecule has 0 saturated heterocycles. The maximum absolute atomic E-state index is 12.4. The van der Waals surface area contributed by atoms with Gasteiger partial charge >= 0.3 is 19.8 Å². The van der Waals surface area contributed by atoms with Gasteiger partial charge in [0, 0.05) is 12.8 Å². The van der Waals surface area contributed by atoms with Gasteiger partial charge in [0.05, 0.1) is 6.61 Å². The van der Waals surface area contributed by atoms with E-state index in [0.717, 1.165) is 44.9 Å². The van der Waals surface area contributed by atoms with Crippen molar-refractivity contribution in [2.45, 2.75) is 245 Å². The molecule has 9 heteroatoms. The summed E-state index contributed by atoms with van der Waals surface area (Å²) >= 11 is 0. The molecule has 2 N–H and O–H groups in total. The Hall–Kier alpha value is -1.21. The Morgan fingerprint density at radius 3 is 1.15 bits per heavy atom. The van der Waals surface area contributed by atoms with Gasteiger partial charge in [-0.2, -0.15) is 0 Å². The van der Waals surface area contributed by atoms with Crippen molar-refractivity contribution in [3.63, 3.8) is 0 Å². The fourth-order valence-electron chi connectivity index (χ4n) is 6.66. The first-order valence-electron chi connectivity index (χ1n) is 22.5. The average Bonchev–Trinajstić information content (AvgIpc) is 3.13. The Balaban J connectivity index is 3.85. The summed E-state index contributed by atoms with van der Waals surface area (Å²) in [5.74, 6) is -0.875. The van der Waals surface area contributed by atoms with Crippen LogP contribution in [-0.4, -0.2) is 41.0 Å². The van der Waals surface area contributed by atoms with Gasteiger partial charge in [0.15, 0.2) is 6.10 Å². The first-order chi connectivity index (χ1) is 25.8. The lowest BCUT2D eigenvalue weighted by atomic mass is 10.0. The van der Waals surface area contributed by atoms with E-state index in [-0.39, 0.29) is 19.4 Å². The van der Waals surface area contributed by atoms with Gasteiger partial charge in [-0.1, -0.05) is 199 Å². The Morgan fingerprint density at radius 2 is 0.792 bits per heavy atom. The molecule has 0 aliphatic heterocycles. The smallest absolute Gasteiger partial charge is 0.462 e. The van der Waals surface area contributed by atoms with Crippen LogP contribution < -0.4 is 0 Å². The number of phosphoric acid groups is 1. The molecule has 0 aromatic rings. The highest BCUT2D eigenvalue weighted by molar-refractivity contribution is 7.46. The Bertz CT molecular complexity index is 873. The van der Waals surface area contributed by atoms with Gasteiger partial charge in [-0.15, -0.1) is 0 Å². The summed E-state index contributed by atoms with van der Waals surface area (Å²) in [6, 6.07) is 0. The largest absolute Gasteiger partial charge is 0.469 e. The number of esters is 2. The van der Waals surface area contributed by atoms with E-state index in [4.69, 9.17) is 19.3 Å². The summed E-state index contributed by atoms with van der Waals surface area (Å²) in [5, 5.41) is 0. The minimum Gasteiger partial charge on any atom is -0.462 e. The fourth-order valence-corrected chi connectivity index (χ4v) is 7.02. The third-order valence-electron chi connectivity index (χ3n) is 10.0. The summed E-state index contributed by atoms with van der Waals surface area (Å²) in [4.78, 5) is 42.9. The van der Waals surface area contributed by atoms with Crippen molar-refractivity contribution in [3.05, 3.63) is 12.2 Å². The van der Waals surface area contributed by atoms with Gasteiger partial charge < -0.3 is 19.3 Å². The number of ether oxygens (including phenoxy) is 2. The van der Waals surface area contributed by atoms with E-state index in [1.165, 1.54) is 161 Å². The van der Waals surface area contributed by atoms with Crippen molar-refractivity contribution >= 4 is 19.8 Å². The standard InChI is InChI=1S/C44H85O8P/c1-3-5-7-9-11-13-15-17-19-21-23-24-26-28-30-32-34-36-38-43(45)50-40-42(41-51-53(47,48)49)52-44(46)39-37-35-33-31-29-27-25-22-20-18-16-14-12-10-8-6-4-2/h18,20,42H,3-17,19,21-41H2,1-2H3,(H2,47,48,49)/b20-18-/t42-/m1/s1. The van der Waals surface area contributed by atoms with Gasteiger partial charge in [-0.3, -0.25) is 14.1 Å². The van der Waals surface area contributed by atoms with E-state index in [9.17, 15) is 14.2 Å². The molecule has 314 valence electrons. The number of hydrogen-bond acceptors (Lipinski definition) is 6. The van der Waals surface area contributed by atoms with Crippen LogP contribution in [0.15, 0.2) is 12.2 Å². The van der Waals surface area contributed by atoms with Crippen molar-refractivity contribution in [2.75, 3.05) is 13.2 Å². The van der Waals surface area contributed by atoms with Crippen LogP contribution >= 0.6 is 7.82 Å². The molecule has 0 aliphatic rings. The third-order valence-corrected chi connectivity index (χ3v) is 10.5. The zero-order valence-electron chi connectivity index (χ0n) is 34.7. The lowest BCUT2D eigenvalue weighted by molar-refractivity contribution is -0.161. The van der Waals surface area contributed by atoms with Gasteiger partial charge in [0.25, 0.3) is 0 Å². The van der Waals surface area contributed by atoms with Crippen molar-refractivity contribution < 1.29 is 37.9 Å². The highest BCUT2D eigenvalue weighted by atomic mass is 31.2. The third kappa shape index (κ3) is 43.4. The normalized spacial score (nSPS) is 12.5. The van der Waals surface area contributed by atoms with Crippen LogP contribution in [0.1, 0.15) is 239 Å². The minimum atomic E-state index is -4.75. The van der Waals surface area contributed by atoms with Crippen LogP contribution in [0, 0.1) is 0 Å². The molecule has 0 spiro atoms.